The van der Waals surface area contributed by atoms with Gasteiger partial charge < -0.3 is 30.1 Å². The molecule has 3 aliphatic heterocycles. The normalized spacial score (nSPS) is 31.8. The van der Waals surface area contributed by atoms with Crippen molar-refractivity contribution in [3.8, 4) is 5.75 Å². The van der Waals surface area contributed by atoms with Crippen LogP contribution >= 0.6 is 0 Å². The fourth-order valence-electron chi connectivity index (χ4n) is 6.98. The average molecular weight is 536 g/mol. The third-order valence-corrected chi connectivity index (χ3v) is 9.00. The zero-order valence-electron chi connectivity index (χ0n) is 23.0. The molecular formula is C30H37N3O6. The van der Waals surface area contributed by atoms with Crippen LogP contribution in [0.15, 0.2) is 54.6 Å². The molecule has 0 aromatic heterocycles. The number of carbonyl (C=O) groups is 3. The van der Waals surface area contributed by atoms with Gasteiger partial charge in [-0.05, 0) is 61.6 Å². The summed E-state index contributed by atoms with van der Waals surface area (Å²) in [5, 5.41) is 16.3. The van der Waals surface area contributed by atoms with Gasteiger partial charge in [0.15, 0.2) is 0 Å². The lowest BCUT2D eigenvalue weighted by molar-refractivity contribution is -0.149. The van der Waals surface area contributed by atoms with E-state index in [0.717, 1.165) is 0 Å². The Bertz CT molecular complexity index is 1250. The van der Waals surface area contributed by atoms with E-state index in [2.05, 4.69) is 10.6 Å². The van der Waals surface area contributed by atoms with Crippen LogP contribution in [0, 0.1) is 23.7 Å². The molecule has 2 aromatic rings. The topological polar surface area (TPSA) is 117 Å². The number of benzene rings is 2. The Morgan fingerprint density at radius 2 is 1.69 bits per heavy atom. The van der Waals surface area contributed by atoms with Gasteiger partial charge in [-0.3, -0.25) is 14.4 Å². The molecule has 2 bridgehead atoms. The number of nitrogens with zero attached hydrogens (tertiary/aromatic N) is 1. The summed E-state index contributed by atoms with van der Waals surface area (Å²) in [4.78, 5) is 43.7. The highest BCUT2D eigenvalue weighted by Gasteiger charge is 2.80. The minimum atomic E-state index is -1.21. The maximum absolute atomic E-state index is 14.3. The Balaban J connectivity index is 1.56. The molecule has 9 heteroatoms. The van der Waals surface area contributed by atoms with Crippen LogP contribution in [0.4, 0.5) is 11.4 Å². The number of aliphatic hydroxyl groups excluding tert-OH is 1. The largest absolute Gasteiger partial charge is 0.497 e. The zero-order chi connectivity index (χ0) is 28.1. The van der Waals surface area contributed by atoms with Crippen LogP contribution in [-0.4, -0.2) is 64.7 Å². The van der Waals surface area contributed by atoms with Crippen molar-refractivity contribution in [2.75, 3.05) is 24.4 Å². The highest BCUT2D eigenvalue weighted by Crippen LogP contribution is 2.65. The maximum atomic E-state index is 14.3. The number of likely N-dealkylation sites (tertiary alicyclic amines) is 1. The van der Waals surface area contributed by atoms with E-state index in [-0.39, 0.29) is 30.3 Å². The number of ether oxygens (including phenoxy) is 2. The van der Waals surface area contributed by atoms with Gasteiger partial charge in [0, 0.05) is 11.4 Å². The van der Waals surface area contributed by atoms with Gasteiger partial charge in [0.1, 0.15) is 17.4 Å². The second kappa shape index (κ2) is 9.95. The number of para-hydroxylation sites is 1. The number of aliphatic hydroxyl groups is 1. The zero-order valence-corrected chi connectivity index (χ0v) is 23.0. The molecule has 0 radical (unpaired) electrons. The minimum absolute atomic E-state index is 0.0871. The number of hydrogen-bond acceptors (Lipinski definition) is 6. The monoisotopic (exact) mass is 535 g/mol. The van der Waals surface area contributed by atoms with Gasteiger partial charge in [-0.1, -0.05) is 39.0 Å². The Labute approximate surface area is 228 Å². The molecule has 5 rings (SSSR count). The minimum Gasteiger partial charge on any atom is -0.497 e. The molecule has 208 valence electrons. The van der Waals surface area contributed by atoms with E-state index in [1.807, 2.05) is 45.9 Å². The lowest BCUT2D eigenvalue weighted by Gasteiger charge is -2.38. The predicted octanol–water partition coefficient (Wildman–Crippen LogP) is 3.30. The number of anilines is 2. The van der Waals surface area contributed by atoms with Gasteiger partial charge in [-0.15, -0.1) is 0 Å². The number of hydrogen-bond donors (Lipinski definition) is 3. The van der Waals surface area contributed by atoms with Crippen LogP contribution < -0.4 is 15.4 Å². The van der Waals surface area contributed by atoms with E-state index in [1.165, 1.54) is 4.90 Å². The molecule has 3 unspecified atom stereocenters. The second-order valence-corrected chi connectivity index (χ2v) is 11.5. The summed E-state index contributed by atoms with van der Waals surface area (Å²) >= 11 is 0. The molecular weight excluding hydrogens is 498 g/mol. The summed E-state index contributed by atoms with van der Waals surface area (Å²) in [6.45, 7) is 7.37. The Morgan fingerprint density at radius 3 is 2.28 bits per heavy atom. The summed E-state index contributed by atoms with van der Waals surface area (Å²) < 4.78 is 12.0. The molecule has 3 heterocycles. The van der Waals surface area contributed by atoms with Crippen molar-refractivity contribution in [3.05, 3.63) is 54.6 Å². The van der Waals surface area contributed by atoms with Crippen LogP contribution in [-0.2, 0) is 19.1 Å². The predicted molar refractivity (Wildman–Crippen MR) is 146 cm³/mol. The third kappa shape index (κ3) is 4.19. The highest BCUT2D eigenvalue weighted by atomic mass is 16.5. The summed E-state index contributed by atoms with van der Waals surface area (Å²) in [6.07, 6.45) is 0.447. The van der Waals surface area contributed by atoms with Gasteiger partial charge in [0.05, 0.1) is 37.2 Å². The standard InChI is InChI=1S/C30H37N3O6/c1-17(2)22(16-34)33-25(27(36)32-20-11-13-21(38-5)14-12-20)30-15-18(3)29(4,39-30)23(24(30)28(33)37)26(35)31-19-9-7-6-8-10-19/h6-14,17-18,22-25,34H,15-16H2,1-5H3,(H,31,35)(H,32,36)/t18?,22-,23-,24-,25?,29+,30?/m0/s1. The molecule has 3 saturated heterocycles. The molecule has 7 atom stereocenters. The fourth-order valence-corrected chi connectivity index (χ4v) is 6.98. The number of methoxy groups -OCH3 is 1. The number of amides is 3. The highest BCUT2D eigenvalue weighted by molar-refractivity contribution is 6.05. The van der Waals surface area contributed by atoms with Crippen molar-refractivity contribution < 1.29 is 29.0 Å². The smallest absolute Gasteiger partial charge is 0.250 e. The second-order valence-electron chi connectivity index (χ2n) is 11.5. The van der Waals surface area contributed by atoms with Crippen LogP contribution in [0.1, 0.15) is 34.1 Å². The molecule has 3 amide bonds. The molecule has 2 aromatic carbocycles. The molecule has 3 fully saturated rings. The van der Waals surface area contributed by atoms with Crippen molar-refractivity contribution >= 4 is 29.1 Å². The van der Waals surface area contributed by atoms with Crippen LogP contribution in [0.5, 0.6) is 5.75 Å². The van der Waals surface area contributed by atoms with E-state index in [0.29, 0.717) is 23.5 Å². The van der Waals surface area contributed by atoms with Gasteiger partial charge in [0.25, 0.3) is 0 Å². The van der Waals surface area contributed by atoms with E-state index in [9.17, 15) is 19.5 Å². The molecule has 0 aliphatic carbocycles. The average Bonchev–Trinajstić information content (AvgIpc) is 3.42. The molecule has 39 heavy (non-hydrogen) atoms. The number of nitrogens with one attached hydrogen (secondary N) is 2. The van der Waals surface area contributed by atoms with Gasteiger partial charge >= 0.3 is 0 Å². The van der Waals surface area contributed by atoms with Crippen molar-refractivity contribution in [2.45, 2.75) is 57.4 Å². The summed E-state index contributed by atoms with van der Waals surface area (Å²) in [6, 6.07) is 14.4. The molecule has 3 aliphatic rings. The lowest BCUT2D eigenvalue weighted by atomic mass is 9.62. The Kier molecular flexibility index (Phi) is 6.93. The van der Waals surface area contributed by atoms with Gasteiger partial charge in [-0.25, -0.2) is 0 Å². The fraction of sp³-hybridized carbons (Fsp3) is 0.500. The first-order valence-corrected chi connectivity index (χ1v) is 13.5. The first-order valence-electron chi connectivity index (χ1n) is 13.5. The van der Waals surface area contributed by atoms with Crippen LogP contribution in [0.25, 0.3) is 0 Å². The first kappa shape index (κ1) is 27.1. The van der Waals surface area contributed by atoms with E-state index >= 15 is 0 Å². The summed E-state index contributed by atoms with van der Waals surface area (Å²) in [7, 11) is 1.57. The van der Waals surface area contributed by atoms with E-state index in [1.54, 1.807) is 43.5 Å². The Hall–Kier alpha value is -3.43. The van der Waals surface area contributed by atoms with E-state index in [4.69, 9.17) is 9.47 Å². The quantitative estimate of drug-likeness (QED) is 0.478. The van der Waals surface area contributed by atoms with Crippen molar-refractivity contribution in [2.24, 2.45) is 23.7 Å². The summed E-state index contributed by atoms with van der Waals surface area (Å²) in [5.74, 6) is -2.28. The number of carbonyl (C=O) groups excluding carboxylic acids is 3. The third-order valence-electron chi connectivity index (χ3n) is 9.00. The van der Waals surface area contributed by atoms with Crippen molar-refractivity contribution in [3.63, 3.8) is 0 Å². The molecule has 3 N–H and O–H groups in total. The Morgan fingerprint density at radius 1 is 1.08 bits per heavy atom. The molecule has 0 saturated carbocycles. The number of rotatable bonds is 8. The summed E-state index contributed by atoms with van der Waals surface area (Å²) in [5.41, 5.74) is -0.968. The maximum Gasteiger partial charge on any atom is 0.250 e. The van der Waals surface area contributed by atoms with Crippen LogP contribution in [0.3, 0.4) is 0 Å². The molecule has 9 nitrogen and oxygen atoms in total. The van der Waals surface area contributed by atoms with Gasteiger partial charge in [0.2, 0.25) is 17.7 Å². The van der Waals surface area contributed by atoms with Crippen molar-refractivity contribution in [1.29, 1.82) is 0 Å². The SMILES string of the molecule is COc1ccc(NC(=O)C2N([C@@H](CO)C(C)C)C(=O)[C@@H]3[C@@H](C(=O)Nc4ccccc4)[C@]4(C)OC23CC4C)cc1. The lowest BCUT2D eigenvalue weighted by Crippen LogP contribution is -2.57. The van der Waals surface area contributed by atoms with E-state index < -0.39 is 41.0 Å². The number of fused-ring (bicyclic) bond motifs is 1. The molecule has 1 spiro atoms. The van der Waals surface area contributed by atoms with Gasteiger partial charge in [-0.2, -0.15) is 0 Å². The first-order chi connectivity index (χ1) is 18.6. The van der Waals surface area contributed by atoms with Crippen molar-refractivity contribution in [1.82, 2.24) is 4.90 Å². The van der Waals surface area contributed by atoms with Crippen LogP contribution in [0.2, 0.25) is 0 Å².